The van der Waals surface area contributed by atoms with Crippen LogP contribution in [0.5, 0.6) is 0 Å². The number of nitrogens with zero attached hydrogens (tertiary/aromatic N) is 2. The van der Waals surface area contributed by atoms with E-state index in [4.69, 9.17) is 4.84 Å². The molecular formula is C17H17N3O. The fourth-order valence-electron chi connectivity index (χ4n) is 2.26. The summed E-state index contributed by atoms with van der Waals surface area (Å²) in [5.41, 5.74) is 4.23. The molecule has 0 saturated heterocycles. The van der Waals surface area contributed by atoms with Gasteiger partial charge in [0.05, 0.1) is 6.20 Å². The van der Waals surface area contributed by atoms with Gasteiger partial charge in [-0.15, -0.1) is 0 Å². The van der Waals surface area contributed by atoms with E-state index in [2.05, 4.69) is 35.4 Å². The van der Waals surface area contributed by atoms with E-state index in [1.807, 2.05) is 30.3 Å². The van der Waals surface area contributed by atoms with Crippen molar-refractivity contribution in [3.05, 3.63) is 66.5 Å². The van der Waals surface area contributed by atoms with E-state index in [0.717, 1.165) is 22.8 Å². The van der Waals surface area contributed by atoms with Crippen molar-refractivity contribution in [1.29, 1.82) is 0 Å². The van der Waals surface area contributed by atoms with Gasteiger partial charge in [0.25, 0.3) is 0 Å². The first-order valence-electron chi connectivity index (χ1n) is 6.79. The highest BCUT2D eigenvalue weighted by molar-refractivity contribution is 5.78. The SMILES string of the molecule is COn1ccnc1-c1ccc(C)cc1Nc1ccccc1. The van der Waals surface area contributed by atoms with Crippen LogP contribution in [0.25, 0.3) is 11.4 Å². The van der Waals surface area contributed by atoms with E-state index in [1.54, 1.807) is 24.2 Å². The van der Waals surface area contributed by atoms with Crippen LogP contribution in [0.15, 0.2) is 60.9 Å². The molecule has 0 aliphatic rings. The van der Waals surface area contributed by atoms with E-state index in [9.17, 15) is 0 Å². The zero-order chi connectivity index (χ0) is 14.7. The van der Waals surface area contributed by atoms with Crippen LogP contribution in [-0.2, 0) is 0 Å². The Bertz CT molecular complexity index is 735. The minimum absolute atomic E-state index is 0.774. The molecule has 3 aromatic rings. The van der Waals surface area contributed by atoms with Crippen LogP contribution < -0.4 is 10.2 Å². The highest BCUT2D eigenvalue weighted by Crippen LogP contribution is 2.30. The molecule has 0 bridgehead atoms. The van der Waals surface area contributed by atoms with Crippen molar-refractivity contribution < 1.29 is 4.84 Å². The van der Waals surface area contributed by atoms with Crippen LogP contribution in [0.4, 0.5) is 11.4 Å². The van der Waals surface area contributed by atoms with Gasteiger partial charge in [-0.1, -0.05) is 24.3 Å². The van der Waals surface area contributed by atoms with Crippen LogP contribution in [-0.4, -0.2) is 16.8 Å². The molecule has 0 amide bonds. The molecule has 1 aromatic heterocycles. The van der Waals surface area contributed by atoms with Crippen molar-refractivity contribution >= 4 is 11.4 Å². The number of aryl methyl sites for hydroxylation is 1. The molecule has 4 nitrogen and oxygen atoms in total. The van der Waals surface area contributed by atoms with Crippen LogP contribution in [0.2, 0.25) is 0 Å². The van der Waals surface area contributed by atoms with E-state index in [1.165, 1.54) is 5.56 Å². The summed E-state index contributed by atoms with van der Waals surface area (Å²) in [5, 5.41) is 3.44. The first-order valence-corrected chi connectivity index (χ1v) is 6.79. The normalized spacial score (nSPS) is 10.4. The second-order valence-corrected chi connectivity index (χ2v) is 4.80. The summed E-state index contributed by atoms with van der Waals surface area (Å²) in [7, 11) is 1.63. The second kappa shape index (κ2) is 5.71. The van der Waals surface area contributed by atoms with Crippen molar-refractivity contribution in [2.45, 2.75) is 6.92 Å². The molecule has 2 aromatic carbocycles. The Hall–Kier alpha value is -2.75. The van der Waals surface area contributed by atoms with Crippen molar-refractivity contribution in [3.8, 4) is 11.4 Å². The molecule has 0 atom stereocenters. The minimum Gasteiger partial charge on any atom is -0.416 e. The Morgan fingerprint density at radius 3 is 2.67 bits per heavy atom. The maximum atomic E-state index is 5.30. The zero-order valence-corrected chi connectivity index (χ0v) is 12.1. The molecule has 21 heavy (non-hydrogen) atoms. The Labute approximate surface area is 124 Å². The Morgan fingerprint density at radius 2 is 1.90 bits per heavy atom. The predicted molar refractivity (Wildman–Crippen MR) is 84.6 cm³/mol. The monoisotopic (exact) mass is 279 g/mol. The molecule has 1 N–H and O–H groups in total. The first kappa shape index (κ1) is 13.2. The number of imidazole rings is 1. The molecule has 106 valence electrons. The van der Waals surface area contributed by atoms with Crippen LogP contribution in [0.3, 0.4) is 0 Å². The summed E-state index contributed by atoms with van der Waals surface area (Å²) < 4.78 is 1.65. The summed E-state index contributed by atoms with van der Waals surface area (Å²) in [4.78, 5) is 9.69. The number of benzene rings is 2. The van der Waals surface area contributed by atoms with Gasteiger partial charge in [-0.05, 0) is 36.8 Å². The molecule has 0 radical (unpaired) electrons. The summed E-state index contributed by atoms with van der Waals surface area (Å²) in [5.74, 6) is 0.774. The Morgan fingerprint density at radius 1 is 1.10 bits per heavy atom. The molecule has 0 spiro atoms. The minimum atomic E-state index is 0.774. The number of nitrogens with one attached hydrogen (secondary N) is 1. The van der Waals surface area contributed by atoms with Gasteiger partial charge in [0, 0.05) is 23.1 Å². The lowest BCUT2D eigenvalue weighted by molar-refractivity contribution is 0.171. The molecule has 1 heterocycles. The van der Waals surface area contributed by atoms with Gasteiger partial charge in [-0.25, -0.2) is 4.98 Å². The van der Waals surface area contributed by atoms with Gasteiger partial charge in [0.2, 0.25) is 0 Å². The standard InChI is InChI=1S/C17H17N3O/c1-13-8-9-15(17-18-10-11-20(17)21-2)16(12-13)19-14-6-4-3-5-7-14/h3-12,19H,1-2H3. The van der Waals surface area contributed by atoms with E-state index < -0.39 is 0 Å². The maximum Gasteiger partial charge on any atom is 0.177 e. The number of hydrogen-bond donors (Lipinski definition) is 1. The third kappa shape index (κ3) is 2.74. The lowest BCUT2D eigenvalue weighted by atomic mass is 10.1. The van der Waals surface area contributed by atoms with Crippen LogP contribution in [0.1, 0.15) is 5.56 Å². The van der Waals surface area contributed by atoms with Crippen LogP contribution in [0, 0.1) is 6.92 Å². The quantitative estimate of drug-likeness (QED) is 0.792. The highest BCUT2D eigenvalue weighted by atomic mass is 16.6. The van der Waals surface area contributed by atoms with Crippen LogP contribution >= 0.6 is 0 Å². The van der Waals surface area contributed by atoms with E-state index >= 15 is 0 Å². The second-order valence-electron chi connectivity index (χ2n) is 4.80. The van der Waals surface area contributed by atoms with Crippen molar-refractivity contribution in [1.82, 2.24) is 9.71 Å². The van der Waals surface area contributed by atoms with Gasteiger partial charge in [0.1, 0.15) is 7.11 Å². The highest BCUT2D eigenvalue weighted by Gasteiger charge is 2.12. The van der Waals surface area contributed by atoms with Gasteiger partial charge in [-0.3, -0.25) is 0 Å². The molecule has 0 aliphatic carbocycles. The third-order valence-electron chi connectivity index (χ3n) is 3.27. The summed E-state index contributed by atoms with van der Waals surface area (Å²) in [6.07, 6.45) is 3.52. The average molecular weight is 279 g/mol. The van der Waals surface area contributed by atoms with Crippen molar-refractivity contribution in [3.63, 3.8) is 0 Å². The first-order chi connectivity index (χ1) is 10.3. The molecule has 0 aliphatic heterocycles. The summed E-state index contributed by atoms with van der Waals surface area (Å²) >= 11 is 0. The fraction of sp³-hybridized carbons (Fsp3) is 0.118. The van der Waals surface area contributed by atoms with E-state index in [0.29, 0.717) is 0 Å². The molecule has 3 rings (SSSR count). The zero-order valence-electron chi connectivity index (χ0n) is 12.1. The van der Waals surface area contributed by atoms with Gasteiger partial charge in [-0.2, -0.15) is 4.73 Å². The van der Waals surface area contributed by atoms with Gasteiger partial charge < -0.3 is 10.2 Å². The summed E-state index contributed by atoms with van der Waals surface area (Å²) in [6.45, 7) is 2.07. The topological polar surface area (TPSA) is 39.1 Å². The average Bonchev–Trinajstić information content (AvgIpc) is 2.97. The number of para-hydroxylation sites is 1. The maximum absolute atomic E-state index is 5.30. The Kier molecular flexibility index (Phi) is 3.60. The largest absolute Gasteiger partial charge is 0.416 e. The number of hydrogen-bond acceptors (Lipinski definition) is 3. The lowest BCUT2D eigenvalue weighted by Gasteiger charge is -2.13. The summed E-state index contributed by atoms with van der Waals surface area (Å²) in [6, 6.07) is 16.3. The van der Waals surface area contributed by atoms with Gasteiger partial charge in [0.15, 0.2) is 5.82 Å². The molecule has 4 heteroatoms. The number of rotatable bonds is 4. The third-order valence-corrected chi connectivity index (χ3v) is 3.27. The van der Waals surface area contributed by atoms with Crippen molar-refractivity contribution in [2.75, 3.05) is 12.4 Å². The van der Waals surface area contributed by atoms with E-state index in [-0.39, 0.29) is 0 Å². The molecule has 0 saturated carbocycles. The molecule has 0 unspecified atom stereocenters. The number of anilines is 2. The Balaban J connectivity index is 2.05. The predicted octanol–water partition coefficient (Wildman–Crippen LogP) is 3.66. The van der Waals surface area contributed by atoms with Gasteiger partial charge >= 0.3 is 0 Å². The number of aromatic nitrogens is 2. The van der Waals surface area contributed by atoms with Crippen molar-refractivity contribution in [2.24, 2.45) is 0 Å². The lowest BCUT2D eigenvalue weighted by Crippen LogP contribution is -2.07. The molecular weight excluding hydrogens is 262 g/mol. The fourth-order valence-corrected chi connectivity index (χ4v) is 2.26. The smallest absolute Gasteiger partial charge is 0.177 e. The molecule has 0 fully saturated rings.